The van der Waals surface area contributed by atoms with E-state index < -0.39 is 0 Å². The zero-order valence-corrected chi connectivity index (χ0v) is 11.2. The molecule has 1 aromatic heterocycles. The molecule has 0 saturated carbocycles. The Labute approximate surface area is 108 Å². The Morgan fingerprint density at radius 2 is 1.83 bits per heavy atom. The highest BCUT2D eigenvalue weighted by atomic mass is 15.0. The Morgan fingerprint density at radius 3 is 2.56 bits per heavy atom. The van der Waals surface area contributed by atoms with E-state index in [1.54, 1.807) is 6.20 Å². The molecular weight excluding hydrogens is 222 g/mol. The number of aromatic nitrogens is 2. The van der Waals surface area contributed by atoms with Gasteiger partial charge in [0, 0.05) is 12.7 Å². The van der Waals surface area contributed by atoms with E-state index in [1.807, 2.05) is 13.8 Å². The fourth-order valence-corrected chi connectivity index (χ4v) is 1.96. The number of benzene rings is 1. The Hall–Kier alpha value is -1.90. The lowest BCUT2D eigenvalue weighted by Gasteiger charge is -2.11. The molecule has 0 saturated heterocycles. The lowest BCUT2D eigenvalue weighted by atomic mass is 10.1. The third-order valence-corrected chi connectivity index (χ3v) is 3.02. The van der Waals surface area contributed by atoms with E-state index in [1.165, 1.54) is 11.1 Å². The Kier molecular flexibility index (Phi) is 3.92. The number of rotatable bonds is 4. The first kappa shape index (κ1) is 12.6. The predicted molar refractivity (Wildman–Crippen MR) is 74.7 cm³/mol. The molecule has 3 heteroatoms. The molecule has 0 aliphatic heterocycles. The highest BCUT2D eigenvalue weighted by Gasteiger charge is 2.03. The number of nitrogens with one attached hydrogen (secondary N) is 1. The van der Waals surface area contributed by atoms with Gasteiger partial charge < -0.3 is 5.32 Å². The Bertz CT molecular complexity index is 535. The number of anilines is 1. The minimum Gasteiger partial charge on any atom is -0.364 e. The molecule has 94 valence electrons. The van der Waals surface area contributed by atoms with E-state index in [0.29, 0.717) is 0 Å². The number of hydrogen-bond acceptors (Lipinski definition) is 3. The van der Waals surface area contributed by atoms with Crippen LogP contribution in [0.5, 0.6) is 0 Å². The van der Waals surface area contributed by atoms with Crippen LogP contribution in [0.2, 0.25) is 0 Å². The van der Waals surface area contributed by atoms with Gasteiger partial charge in [-0.2, -0.15) is 0 Å². The molecule has 0 amide bonds. The standard InChI is InChI=1S/C15H19N3/c1-4-13-7-5-6-8-14(13)10-17-15-12(3)16-9-11(2)18-15/h5-9H,4,10H2,1-3H3,(H,17,18). The molecule has 0 aliphatic rings. The highest BCUT2D eigenvalue weighted by Crippen LogP contribution is 2.14. The van der Waals surface area contributed by atoms with Crippen LogP contribution in [0.4, 0.5) is 5.82 Å². The Balaban J connectivity index is 2.14. The van der Waals surface area contributed by atoms with Crippen LogP contribution >= 0.6 is 0 Å². The van der Waals surface area contributed by atoms with E-state index in [9.17, 15) is 0 Å². The lowest BCUT2D eigenvalue weighted by molar-refractivity contribution is 0.996. The molecule has 0 unspecified atom stereocenters. The quantitative estimate of drug-likeness (QED) is 0.892. The summed E-state index contributed by atoms with van der Waals surface area (Å²) in [5.41, 5.74) is 4.58. The molecule has 2 rings (SSSR count). The van der Waals surface area contributed by atoms with Crippen molar-refractivity contribution in [3.63, 3.8) is 0 Å². The Morgan fingerprint density at radius 1 is 1.11 bits per heavy atom. The average molecular weight is 241 g/mol. The van der Waals surface area contributed by atoms with Crippen molar-refractivity contribution in [3.05, 3.63) is 53.0 Å². The molecule has 1 heterocycles. The fourth-order valence-electron chi connectivity index (χ4n) is 1.96. The summed E-state index contributed by atoms with van der Waals surface area (Å²) in [7, 11) is 0. The summed E-state index contributed by atoms with van der Waals surface area (Å²) in [5, 5.41) is 3.37. The van der Waals surface area contributed by atoms with Crippen LogP contribution in [-0.2, 0) is 13.0 Å². The van der Waals surface area contributed by atoms with Crippen molar-refractivity contribution in [2.75, 3.05) is 5.32 Å². The van der Waals surface area contributed by atoms with E-state index in [0.717, 1.165) is 30.2 Å². The minimum absolute atomic E-state index is 0.795. The monoisotopic (exact) mass is 241 g/mol. The lowest BCUT2D eigenvalue weighted by Crippen LogP contribution is -2.06. The second kappa shape index (κ2) is 5.63. The molecule has 0 aliphatic carbocycles. The van der Waals surface area contributed by atoms with Crippen molar-refractivity contribution in [2.24, 2.45) is 0 Å². The largest absolute Gasteiger partial charge is 0.364 e. The highest BCUT2D eigenvalue weighted by molar-refractivity contribution is 5.41. The summed E-state index contributed by atoms with van der Waals surface area (Å²) in [6.07, 6.45) is 2.84. The van der Waals surface area contributed by atoms with Gasteiger partial charge in [0.25, 0.3) is 0 Å². The van der Waals surface area contributed by atoms with Gasteiger partial charge in [-0.3, -0.25) is 4.98 Å². The average Bonchev–Trinajstić information content (AvgIpc) is 2.40. The molecular formula is C15H19N3. The third kappa shape index (κ3) is 2.86. The molecule has 0 bridgehead atoms. The van der Waals surface area contributed by atoms with Gasteiger partial charge in [0.1, 0.15) is 5.82 Å². The summed E-state index contributed by atoms with van der Waals surface area (Å²) in [6.45, 7) is 6.90. The normalized spacial score (nSPS) is 10.4. The first-order chi connectivity index (χ1) is 8.70. The molecule has 0 fully saturated rings. The van der Waals surface area contributed by atoms with Gasteiger partial charge in [-0.05, 0) is 31.4 Å². The molecule has 0 spiro atoms. The summed E-state index contributed by atoms with van der Waals surface area (Å²) < 4.78 is 0. The van der Waals surface area contributed by atoms with Crippen LogP contribution in [0.3, 0.4) is 0 Å². The van der Waals surface area contributed by atoms with Crippen LogP contribution in [0.15, 0.2) is 30.5 Å². The van der Waals surface area contributed by atoms with Crippen molar-refractivity contribution >= 4 is 5.82 Å². The van der Waals surface area contributed by atoms with Crippen molar-refractivity contribution in [2.45, 2.75) is 33.7 Å². The topological polar surface area (TPSA) is 37.8 Å². The maximum atomic E-state index is 4.47. The van der Waals surface area contributed by atoms with Crippen LogP contribution < -0.4 is 5.32 Å². The zero-order valence-electron chi connectivity index (χ0n) is 11.2. The minimum atomic E-state index is 0.795. The maximum Gasteiger partial charge on any atom is 0.148 e. The van der Waals surface area contributed by atoms with Crippen LogP contribution in [0.25, 0.3) is 0 Å². The van der Waals surface area contributed by atoms with Crippen LogP contribution in [0, 0.1) is 13.8 Å². The first-order valence-corrected chi connectivity index (χ1v) is 6.31. The second-order valence-corrected chi connectivity index (χ2v) is 4.42. The summed E-state index contributed by atoms with van der Waals surface area (Å²) >= 11 is 0. The first-order valence-electron chi connectivity index (χ1n) is 6.31. The van der Waals surface area contributed by atoms with Crippen molar-refractivity contribution < 1.29 is 0 Å². The van der Waals surface area contributed by atoms with Crippen molar-refractivity contribution in [3.8, 4) is 0 Å². The summed E-state index contributed by atoms with van der Waals surface area (Å²) in [6, 6.07) is 8.49. The van der Waals surface area contributed by atoms with Gasteiger partial charge in [0.15, 0.2) is 0 Å². The van der Waals surface area contributed by atoms with E-state index >= 15 is 0 Å². The maximum absolute atomic E-state index is 4.47. The SMILES string of the molecule is CCc1ccccc1CNc1nc(C)cnc1C. The van der Waals surface area contributed by atoms with E-state index in [2.05, 4.69) is 46.5 Å². The third-order valence-electron chi connectivity index (χ3n) is 3.02. The number of nitrogens with zero attached hydrogens (tertiary/aromatic N) is 2. The summed E-state index contributed by atoms with van der Waals surface area (Å²) in [4.78, 5) is 8.78. The van der Waals surface area contributed by atoms with Gasteiger partial charge in [-0.25, -0.2) is 4.98 Å². The zero-order chi connectivity index (χ0) is 13.0. The molecule has 0 radical (unpaired) electrons. The molecule has 0 atom stereocenters. The molecule has 1 N–H and O–H groups in total. The predicted octanol–water partition coefficient (Wildman–Crippen LogP) is 3.27. The van der Waals surface area contributed by atoms with E-state index in [-0.39, 0.29) is 0 Å². The molecule has 2 aromatic rings. The molecule has 18 heavy (non-hydrogen) atoms. The fraction of sp³-hybridized carbons (Fsp3) is 0.333. The van der Waals surface area contributed by atoms with Gasteiger partial charge in [-0.1, -0.05) is 31.2 Å². The van der Waals surface area contributed by atoms with Crippen molar-refractivity contribution in [1.82, 2.24) is 9.97 Å². The second-order valence-electron chi connectivity index (χ2n) is 4.42. The van der Waals surface area contributed by atoms with Crippen LogP contribution in [-0.4, -0.2) is 9.97 Å². The molecule has 3 nitrogen and oxygen atoms in total. The van der Waals surface area contributed by atoms with Crippen LogP contribution in [0.1, 0.15) is 29.4 Å². The number of aryl methyl sites for hydroxylation is 3. The smallest absolute Gasteiger partial charge is 0.148 e. The van der Waals surface area contributed by atoms with Gasteiger partial charge >= 0.3 is 0 Å². The molecule has 1 aromatic carbocycles. The number of hydrogen-bond donors (Lipinski definition) is 1. The van der Waals surface area contributed by atoms with Crippen molar-refractivity contribution in [1.29, 1.82) is 0 Å². The van der Waals surface area contributed by atoms with E-state index in [4.69, 9.17) is 0 Å². The van der Waals surface area contributed by atoms with Gasteiger partial charge in [0.2, 0.25) is 0 Å². The van der Waals surface area contributed by atoms with Gasteiger partial charge in [-0.15, -0.1) is 0 Å². The summed E-state index contributed by atoms with van der Waals surface area (Å²) in [5.74, 6) is 0.876. The van der Waals surface area contributed by atoms with Gasteiger partial charge in [0.05, 0.1) is 11.4 Å².